The maximum absolute atomic E-state index is 12.6. The molecule has 5 nitrogen and oxygen atoms in total. The SMILES string of the molecule is COc1ccc(-c2onc(C)c2C(=O)NCc2cccc(Cl)c2)cc1. The van der Waals surface area contributed by atoms with Gasteiger partial charge in [-0.2, -0.15) is 0 Å². The molecule has 1 heterocycles. The highest BCUT2D eigenvalue weighted by atomic mass is 35.5. The number of carbonyl (C=O) groups is 1. The molecule has 0 aliphatic heterocycles. The Morgan fingerprint density at radius 2 is 2.00 bits per heavy atom. The fourth-order valence-electron chi connectivity index (χ4n) is 2.49. The predicted octanol–water partition coefficient (Wildman–Crippen LogP) is 4.24. The smallest absolute Gasteiger partial charge is 0.257 e. The van der Waals surface area contributed by atoms with E-state index in [2.05, 4.69) is 10.5 Å². The van der Waals surface area contributed by atoms with Gasteiger partial charge in [-0.05, 0) is 48.9 Å². The zero-order chi connectivity index (χ0) is 17.8. The first-order valence-electron chi connectivity index (χ1n) is 7.72. The lowest BCUT2D eigenvalue weighted by Crippen LogP contribution is -2.23. The molecule has 6 heteroatoms. The van der Waals surface area contributed by atoms with Crippen LogP contribution in [-0.2, 0) is 6.54 Å². The summed E-state index contributed by atoms with van der Waals surface area (Å²) in [5.41, 5.74) is 2.64. The molecule has 128 valence electrons. The van der Waals surface area contributed by atoms with Crippen LogP contribution in [0.2, 0.25) is 5.02 Å². The van der Waals surface area contributed by atoms with Crippen LogP contribution in [0, 0.1) is 6.92 Å². The van der Waals surface area contributed by atoms with E-state index in [0.717, 1.165) is 16.9 Å². The Morgan fingerprint density at radius 3 is 2.68 bits per heavy atom. The second kappa shape index (κ2) is 7.40. The summed E-state index contributed by atoms with van der Waals surface area (Å²) < 4.78 is 10.5. The minimum atomic E-state index is -0.246. The van der Waals surface area contributed by atoms with Crippen molar-refractivity contribution in [3.05, 3.63) is 70.4 Å². The van der Waals surface area contributed by atoms with Crippen LogP contribution in [0.25, 0.3) is 11.3 Å². The molecular formula is C19H17ClN2O3. The second-order valence-electron chi connectivity index (χ2n) is 5.51. The van der Waals surface area contributed by atoms with Gasteiger partial charge in [0.1, 0.15) is 11.3 Å². The average Bonchev–Trinajstić information content (AvgIpc) is 3.01. The number of aromatic nitrogens is 1. The van der Waals surface area contributed by atoms with Crippen LogP contribution < -0.4 is 10.1 Å². The number of halogens is 1. The van der Waals surface area contributed by atoms with Crippen LogP contribution >= 0.6 is 11.6 Å². The van der Waals surface area contributed by atoms with Crippen molar-refractivity contribution in [3.8, 4) is 17.1 Å². The van der Waals surface area contributed by atoms with Crippen molar-refractivity contribution >= 4 is 17.5 Å². The maximum atomic E-state index is 12.6. The van der Waals surface area contributed by atoms with Gasteiger partial charge in [0.2, 0.25) is 0 Å². The molecule has 2 aromatic carbocycles. The Bertz CT molecular complexity index is 888. The first-order valence-corrected chi connectivity index (χ1v) is 8.09. The number of rotatable bonds is 5. The Labute approximate surface area is 150 Å². The highest BCUT2D eigenvalue weighted by Gasteiger charge is 2.21. The Kier molecular flexibility index (Phi) is 5.05. The number of nitrogens with zero attached hydrogens (tertiary/aromatic N) is 1. The van der Waals surface area contributed by atoms with Gasteiger partial charge in [-0.3, -0.25) is 4.79 Å². The lowest BCUT2D eigenvalue weighted by atomic mass is 10.1. The number of methoxy groups -OCH3 is 1. The standard InChI is InChI=1S/C19H17ClN2O3/c1-12-17(19(23)21-11-13-4-3-5-15(20)10-13)18(25-22-12)14-6-8-16(24-2)9-7-14/h3-10H,11H2,1-2H3,(H,21,23). The fraction of sp³-hybridized carbons (Fsp3) is 0.158. The monoisotopic (exact) mass is 356 g/mol. The van der Waals surface area contributed by atoms with E-state index in [1.54, 1.807) is 32.2 Å². The van der Waals surface area contributed by atoms with Crippen molar-refractivity contribution in [1.82, 2.24) is 10.5 Å². The average molecular weight is 357 g/mol. The summed E-state index contributed by atoms with van der Waals surface area (Å²) in [6.45, 7) is 2.11. The van der Waals surface area contributed by atoms with E-state index in [4.69, 9.17) is 20.9 Å². The first-order chi connectivity index (χ1) is 12.1. The Morgan fingerprint density at radius 1 is 1.24 bits per heavy atom. The summed E-state index contributed by atoms with van der Waals surface area (Å²) in [5, 5.41) is 7.45. The van der Waals surface area contributed by atoms with Crippen LogP contribution in [0.4, 0.5) is 0 Å². The molecule has 25 heavy (non-hydrogen) atoms. The van der Waals surface area contributed by atoms with Crippen molar-refractivity contribution in [2.24, 2.45) is 0 Å². The van der Waals surface area contributed by atoms with E-state index in [1.807, 2.05) is 30.3 Å². The van der Waals surface area contributed by atoms with Crippen molar-refractivity contribution in [1.29, 1.82) is 0 Å². The minimum absolute atomic E-state index is 0.246. The van der Waals surface area contributed by atoms with E-state index in [9.17, 15) is 4.79 Å². The summed E-state index contributed by atoms with van der Waals surface area (Å²) in [5.74, 6) is 0.917. The number of hydrogen-bond donors (Lipinski definition) is 1. The maximum Gasteiger partial charge on any atom is 0.257 e. The van der Waals surface area contributed by atoms with Gasteiger partial charge in [0, 0.05) is 17.1 Å². The van der Waals surface area contributed by atoms with E-state index < -0.39 is 0 Å². The van der Waals surface area contributed by atoms with Crippen LogP contribution in [0.15, 0.2) is 53.1 Å². The van der Waals surface area contributed by atoms with Crippen molar-refractivity contribution < 1.29 is 14.1 Å². The van der Waals surface area contributed by atoms with Crippen molar-refractivity contribution in [2.45, 2.75) is 13.5 Å². The molecule has 0 fully saturated rings. The lowest BCUT2D eigenvalue weighted by molar-refractivity contribution is 0.0950. The van der Waals surface area contributed by atoms with Crippen molar-refractivity contribution in [3.63, 3.8) is 0 Å². The lowest BCUT2D eigenvalue weighted by Gasteiger charge is -2.07. The van der Waals surface area contributed by atoms with Gasteiger partial charge < -0.3 is 14.6 Å². The summed E-state index contributed by atoms with van der Waals surface area (Å²) in [4.78, 5) is 12.6. The first kappa shape index (κ1) is 17.0. The fourth-order valence-corrected chi connectivity index (χ4v) is 2.71. The third kappa shape index (κ3) is 3.83. The van der Waals surface area contributed by atoms with E-state index in [0.29, 0.717) is 28.6 Å². The van der Waals surface area contributed by atoms with E-state index in [1.165, 1.54) is 0 Å². The van der Waals surface area contributed by atoms with Gasteiger partial charge in [0.25, 0.3) is 5.91 Å². The molecule has 0 spiro atoms. The number of carbonyl (C=O) groups excluding carboxylic acids is 1. The topological polar surface area (TPSA) is 64.4 Å². The third-order valence-electron chi connectivity index (χ3n) is 3.78. The van der Waals surface area contributed by atoms with E-state index in [-0.39, 0.29) is 5.91 Å². The molecule has 0 radical (unpaired) electrons. The van der Waals surface area contributed by atoms with Crippen LogP contribution in [-0.4, -0.2) is 18.2 Å². The Hall–Kier alpha value is -2.79. The summed E-state index contributed by atoms with van der Waals surface area (Å²) >= 11 is 5.97. The quantitative estimate of drug-likeness (QED) is 0.742. The number of amides is 1. The molecule has 0 aliphatic rings. The van der Waals surface area contributed by atoms with Gasteiger partial charge in [-0.25, -0.2) is 0 Å². The van der Waals surface area contributed by atoms with Gasteiger partial charge in [0.15, 0.2) is 5.76 Å². The molecule has 1 aromatic heterocycles. The third-order valence-corrected chi connectivity index (χ3v) is 4.02. The molecule has 0 saturated carbocycles. The van der Waals surface area contributed by atoms with Gasteiger partial charge in [-0.15, -0.1) is 0 Å². The number of nitrogens with one attached hydrogen (secondary N) is 1. The van der Waals surface area contributed by atoms with Crippen LogP contribution in [0.1, 0.15) is 21.6 Å². The molecule has 3 rings (SSSR count). The summed E-state index contributed by atoms with van der Waals surface area (Å²) in [6.07, 6.45) is 0. The minimum Gasteiger partial charge on any atom is -0.497 e. The molecule has 1 amide bonds. The zero-order valence-corrected chi connectivity index (χ0v) is 14.6. The van der Waals surface area contributed by atoms with Gasteiger partial charge >= 0.3 is 0 Å². The number of ether oxygens (including phenoxy) is 1. The molecule has 3 aromatic rings. The number of benzene rings is 2. The molecular weight excluding hydrogens is 340 g/mol. The number of hydrogen-bond acceptors (Lipinski definition) is 4. The molecule has 0 saturated heterocycles. The van der Waals surface area contributed by atoms with Gasteiger partial charge in [0.05, 0.1) is 12.8 Å². The molecule has 0 bridgehead atoms. The van der Waals surface area contributed by atoms with Crippen LogP contribution in [0.5, 0.6) is 5.75 Å². The zero-order valence-electron chi connectivity index (χ0n) is 13.9. The van der Waals surface area contributed by atoms with Crippen LogP contribution in [0.3, 0.4) is 0 Å². The molecule has 1 N–H and O–H groups in total. The second-order valence-corrected chi connectivity index (χ2v) is 5.95. The van der Waals surface area contributed by atoms with E-state index >= 15 is 0 Å². The largest absolute Gasteiger partial charge is 0.497 e. The predicted molar refractivity (Wildman–Crippen MR) is 95.9 cm³/mol. The highest BCUT2D eigenvalue weighted by Crippen LogP contribution is 2.28. The van der Waals surface area contributed by atoms with Gasteiger partial charge in [-0.1, -0.05) is 28.9 Å². The molecule has 0 atom stereocenters. The molecule has 0 aliphatic carbocycles. The number of aryl methyl sites for hydroxylation is 1. The Balaban J connectivity index is 1.81. The molecule has 0 unspecified atom stereocenters. The summed E-state index contributed by atoms with van der Waals surface area (Å²) in [6, 6.07) is 14.6. The summed E-state index contributed by atoms with van der Waals surface area (Å²) in [7, 11) is 1.60. The highest BCUT2D eigenvalue weighted by molar-refractivity contribution is 6.30. The normalized spacial score (nSPS) is 10.5. The van der Waals surface area contributed by atoms with Crippen molar-refractivity contribution in [2.75, 3.05) is 7.11 Å².